The molecule has 0 atom stereocenters. The van der Waals surface area contributed by atoms with Gasteiger partial charge in [-0.2, -0.15) is 5.26 Å². The van der Waals surface area contributed by atoms with Crippen molar-refractivity contribution in [3.05, 3.63) is 53.1 Å². The van der Waals surface area contributed by atoms with Gasteiger partial charge in [0.1, 0.15) is 17.2 Å². The van der Waals surface area contributed by atoms with Crippen LogP contribution in [0.15, 0.2) is 36.4 Å². The number of methoxy groups -OCH3 is 1. The molecule has 28 heavy (non-hydrogen) atoms. The second kappa shape index (κ2) is 10.6. The summed E-state index contributed by atoms with van der Waals surface area (Å²) >= 11 is 0. The van der Waals surface area contributed by atoms with Crippen molar-refractivity contribution < 1.29 is 43.6 Å². The van der Waals surface area contributed by atoms with Crippen LogP contribution >= 0.6 is 0 Å². The number of nitriles is 1. The standard InChI is InChI=1S/C9H5NO4.C9H8O5/c10-4-6-1-7(9(12)13)3-8(2-6)14-5-11;1-13-7-2-6(9(11)12)3-8(4-7)14-5-10/h1-3,5H,(H,12,13);2-5H,1H3,(H,11,12). The summed E-state index contributed by atoms with van der Waals surface area (Å²) < 4.78 is 13.8. The molecule has 0 aliphatic carbocycles. The maximum atomic E-state index is 10.6. The zero-order valence-corrected chi connectivity index (χ0v) is 14.3. The van der Waals surface area contributed by atoms with Crippen molar-refractivity contribution in [2.24, 2.45) is 0 Å². The van der Waals surface area contributed by atoms with Crippen molar-refractivity contribution in [1.29, 1.82) is 5.26 Å². The second-order valence-electron chi connectivity index (χ2n) is 4.79. The van der Waals surface area contributed by atoms with Gasteiger partial charge in [-0.05, 0) is 30.3 Å². The Morgan fingerprint density at radius 2 is 1.32 bits per heavy atom. The third-order valence-electron chi connectivity index (χ3n) is 3.01. The lowest BCUT2D eigenvalue weighted by molar-refractivity contribution is -0.121. The Hall–Kier alpha value is -4.39. The maximum Gasteiger partial charge on any atom is 0.335 e. The minimum Gasteiger partial charge on any atom is -0.497 e. The van der Waals surface area contributed by atoms with Crippen molar-refractivity contribution in [2.75, 3.05) is 7.11 Å². The lowest BCUT2D eigenvalue weighted by Gasteiger charge is -2.04. The number of nitrogens with zero attached hydrogens (tertiary/aromatic N) is 1. The number of ether oxygens (including phenoxy) is 3. The van der Waals surface area contributed by atoms with Crippen molar-refractivity contribution in [1.82, 2.24) is 0 Å². The predicted octanol–water partition coefficient (Wildman–Crippen LogP) is 1.72. The quantitative estimate of drug-likeness (QED) is 0.669. The van der Waals surface area contributed by atoms with Crippen molar-refractivity contribution in [3.63, 3.8) is 0 Å². The van der Waals surface area contributed by atoms with Gasteiger partial charge >= 0.3 is 11.9 Å². The highest BCUT2D eigenvalue weighted by molar-refractivity contribution is 5.89. The van der Waals surface area contributed by atoms with Gasteiger partial charge < -0.3 is 24.4 Å². The Labute approximate surface area is 158 Å². The summed E-state index contributed by atoms with van der Waals surface area (Å²) in [6.45, 7) is 0.391. The van der Waals surface area contributed by atoms with Crippen LogP contribution in [0.2, 0.25) is 0 Å². The highest BCUT2D eigenvalue weighted by atomic mass is 16.5. The van der Waals surface area contributed by atoms with E-state index in [9.17, 15) is 19.2 Å². The highest BCUT2D eigenvalue weighted by Gasteiger charge is 2.08. The van der Waals surface area contributed by atoms with E-state index in [4.69, 9.17) is 20.2 Å². The van der Waals surface area contributed by atoms with Crippen molar-refractivity contribution in [3.8, 4) is 23.3 Å². The van der Waals surface area contributed by atoms with E-state index in [1.165, 1.54) is 37.4 Å². The summed E-state index contributed by atoms with van der Waals surface area (Å²) in [5, 5.41) is 25.9. The smallest absolute Gasteiger partial charge is 0.335 e. The molecule has 2 N–H and O–H groups in total. The van der Waals surface area contributed by atoms with E-state index >= 15 is 0 Å². The van der Waals surface area contributed by atoms with Crippen LogP contribution < -0.4 is 14.2 Å². The molecule has 0 saturated heterocycles. The molecule has 0 aliphatic rings. The Balaban J connectivity index is 0.000000280. The number of benzene rings is 2. The minimum atomic E-state index is -1.18. The number of aromatic carboxylic acids is 2. The van der Waals surface area contributed by atoms with E-state index in [1.807, 2.05) is 0 Å². The highest BCUT2D eigenvalue weighted by Crippen LogP contribution is 2.22. The van der Waals surface area contributed by atoms with Gasteiger partial charge in [-0.1, -0.05) is 0 Å². The Kier molecular flexibility index (Phi) is 8.17. The summed E-state index contributed by atoms with van der Waals surface area (Å²) in [5.74, 6) is -1.80. The van der Waals surface area contributed by atoms with Crippen LogP contribution in [0.1, 0.15) is 26.3 Å². The molecule has 0 aliphatic heterocycles. The molecule has 0 saturated carbocycles. The molecule has 0 spiro atoms. The van der Waals surface area contributed by atoms with Crippen LogP contribution in [0.5, 0.6) is 17.2 Å². The lowest BCUT2D eigenvalue weighted by Crippen LogP contribution is -1.99. The first kappa shape index (κ1) is 21.7. The van der Waals surface area contributed by atoms with Gasteiger partial charge in [-0.15, -0.1) is 0 Å². The molecular formula is C18H13NO9. The summed E-state index contributed by atoms with van der Waals surface area (Å²) in [7, 11) is 1.39. The van der Waals surface area contributed by atoms with E-state index in [2.05, 4.69) is 9.47 Å². The number of hydrogen-bond donors (Lipinski definition) is 2. The Morgan fingerprint density at radius 1 is 0.857 bits per heavy atom. The lowest BCUT2D eigenvalue weighted by atomic mass is 10.1. The molecule has 2 rings (SSSR count). The van der Waals surface area contributed by atoms with Crippen LogP contribution in [-0.4, -0.2) is 42.2 Å². The summed E-state index contributed by atoms with van der Waals surface area (Å²) in [6, 6.07) is 9.39. The van der Waals surface area contributed by atoms with Gasteiger partial charge in [0.15, 0.2) is 0 Å². The topological polar surface area (TPSA) is 160 Å². The SMILES string of the molecule is COc1cc(OC=O)cc(C(=O)O)c1.N#Cc1cc(OC=O)cc(C(=O)O)c1. The van der Waals surface area contributed by atoms with Crippen LogP contribution in [-0.2, 0) is 9.59 Å². The first-order valence-corrected chi connectivity index (χ1v) is 7.26. The van der Waals surface area contributed by atoms with Crippen molar-refractivity contribution >= 4 is 24.9 Å². The molecule has 0 unspecified atom stereocenters. The summed E-state index contributed by atoms with van der Waals surface area (Å²) in [4.78, 5) is 41.2. The molecule has 10 heteroatoms. The molecule has 0 radical (unpaired) electrons. The van der Waals surface area contributed by atoms with Gasteiger partial charge in [0.25, 0.3) is 12.9 Å². The van der Waals surface area contributed by atoms with E-state index in [0.29, 0.717) is 5.75 Å². The number of carboxylic acid groups (broad SMARTS) is 2. The molecule has 0 bridgehead atoms. The van der Waals surface area contributed by atoms with E-state index in [0.717, 1.165) is 6.07 Å². The van der Waals surface area contributed by atoms with E-state index in [1.54, 1.807) is 6.07 Å². The molecule has 0 heterocycles. The number of carbonyl (C=O) groups excluding carboxylic acids is 2. The second-order valence-corrected chi connectivity index (χ2v) is 4.79. The molecule has 0 fully saturated rings. The van der Waals surface area contributed by atoms with E-state index < -0.39 is 11.9 Å². The Bertz CT molecular complexity index is 931. The number of hydrogen-bond acceptors (Lipinski definition) is 8. The van der Waals surface area contributed by atoms with Gasteiger partial charge in [-0.25, -0.2) is 9.59 Å². The fraction of sp³-hybridized carbons (Fsp3) is 0.0556. The fourth-order valence-corrected chi connectivity index (χ4v) is 1.85. The molecule has 0 aromatic heterocycles. The normalized spacial score (nSPS) is 9.00. The molecule has 10 nitrogen and oxygen atoms in total. The van der Waals surface area contributed by atoms with Gasteiger partial charge in [-0.3, -0.25) is 9.59 Å². The van der Waals surface area contributed by atoms with Crippen LogP contribution in [0, 0.1) is 11.3 Å². The third-order valence-corrected chi connectivity index (χ3v) is 3.01. The van der Waals surface area contributed by atoms with Gasteiger partial charge in [0, 0.05) is 6.07 Å². The van der Waals surface area contributed by atoms with Gasteiger partial charge in [0.2, 0.25) is 0 Å². The third kappa shape index (κ3) is 6.49. The maximum absolute atomic E-state index is 10.6. The van der Waals surface area contributed by atoms with Crippen LogP contribution in [0.4, 0.5) is 0 Å². The first-order chi connectivity index (χ1) is 13.3. The van der Waals surface area contributed by atoms with Gasteiger partial charge in [0.05, 0.1) is 29.9 Å². The average Bonchev–Trinajstić information content (AvgIpc) is 2.68. The zero-order valence-electron chi connectivity index (χ0n) is 14.3. The van der Waals surface area contributed by atoms with Crippen LogP contribution in [0.3, 0.4) is 0 Å². The number of carboxylic acids is 2. The zero-order chi connectivity index (χ0) is 21.1. The molecule has 2 aromatic carbocycles. The summed E-state index contributed by atoms with van der Waals surface area (Å²) in [5.41, 5.74) is 0.0313. The van der Waals surface area contributed by atoms with Crippen LogP contribution in [0.25, 0.3) is 0 Å². The number of rotatable bonds is 7. The summed E-state index contributed by atoms with van der Waals surface area (Å²) in [6.07, 6.45) is 0. The fourth-order valence-electron chi connectivity index (χ4n) is 1.85. The Morgan fingerprint density at radius 3 is 1.75 bits per heavy atom. The van der Waals surface area contributed by atoms with E-state index in [-0.39, 0.29) is 41.1 Å². The monoisotopic (exact) mass is 387 g/mol. The number of carbonyl (C=O) groups is 4. The largest absolute Gasteiger partial charge is 0.497 e. The molecule has 0 amide bonds. The average molecular weight is 387 g/mol. The predicted molar refractivity (Wildman–Crippen MR) is 91.5 cm³/mol. The van der Waals surface area contributed by atoms with Crippen molar-refractivity contribution in [2.45, 2.75) is 0 Å². The molecule has 144 valence electrons. The molecular weight excluding hydrogens is 374 g/mol. The minimum absolute atomic E-state index is 0.00111. The molecule has 2 aromatic rings. The first-order valence-electron chi connectivity index (χ1n) is 7.26.